The molecule has 0 bridgehead atoms. The highest BCUT2D eigenvalue weighted by molar-refractivity contribution is 5.92. The molecule has 7 heteroatoms. The Morgan fingerprint density at radius 3 is 3.00 bits per heavy atom. The highest BCUT2D eigenvalue weighted by Crippen LogP contribution is 2.39. The maximum absolute atomic E-state index is 12.8. The van der Waals surface area contributed by atoms with E-state index in [0.29, 0.717) is 36.8 Å². The molecule has 0 aromatic carbocycles. The van der Waals surface area contributed by atoms with Crippen LogP contribution in [0.25, 0.3) is 0 Å². The number of nitrogens with one attached hydrogen (secondary N) is 1. The third-order valence-electron chi connectivity index (χ3n) is 4.88. The van der Waals surface area contributed by atoms with Gasteiger partial charge in [-0.05, 0) is 37.8 Å². The number of fused-ring (bicyclic) bond motifs is 1. The van der Waals surface area contributed by atoms with Gasteiger partial charge in [0.1, 0.15) is 5.69 Å². The molecule has 2 aliphatic rings. The summed E-state index contributed by atoms with van der Waals surface area (Å²) < 4.78 is 1.92. The minimum atomic E-state index is -0.541. The second-order valence-corrected chi connectivity index (χ2v) is 6.77. The van der Waals surface area contributed by atoms with Crippen LogP contribution in [-0.2, 0) is 13.1 Å². The maximum atomic E-state index is 12.8. The number of aliphatic hydroxyl groups is 1. The molecule has 2 aromatic rings. The summed E-state index contributed by atoms with van der Waals surface area (Å²) in [5.41, 5.74) is 3.24. The zero-order valence-corrected chi connectivity index (χ0v) is 13.9. The summed E-state index contributed by atoms with van der Waals surface area (Å²) in [4.78, 5) is 14.6. The van der Waals surface area contributed by atoms with Gasteiger partial charge < -0.3 is 10.0 Å². The van der Waals surface area contributed by atoms with Crippen LogP contribution in [0.15, 0.2) is 12.1 Å². The molecule has 24 heavy (non-hydrogen) atoms. The number of aromatic nitrogens is 4. The van der Waals surface area contributed by atoms with Crippen LogP contribution in [0.1, 0.15) is 72.2 Å². The molecule has 1 amide bonds. The van der Waals surface area contributed by atoms with E-state index in [1.807, 2.05) is 28.6 Å². The fraction of sp³-hybridized carbons (Fsp3) is 0.588. The van der Waals surface area contributed by atoms with Gasteiger partial charge in [0.05, 0.1) is 24.0 Å². The van der Waals surface area contributed by atoms with Crippen LogP contribution >= 0.6 is 0 Å². The predicted molar refractivity (Wildman–Crippen MR) is 87.4 cm³/mol. The minimum absolute atomic E-state index is 0.0367. The van der Waals surface area contributed by atoms with E-state index in [2.05, 4.69) is 15.3 Å². The molecule has 1 saturated carbocycles. The molecule has 7 nitrogen and oxygen atoms in total. The zero-order chi connectivity index (χ0) is 16.7. The van der Waals surface area contributed by atoms with Crippen LogP contribution in [0, 0.1) is 0 Å². The van der Waals surface area contributed by atoms with E-state index in [-0.39, 0.29) is 5.91 Å². The van der Waals surface area contributed by atoms with Crippen molar-refractivity contribution in [2.45, 2.75) is 57.7 Å². The Labute approximate surface area is 140 Å². The van der Waals surface area contributed by atoms with Gasteiger partial charge in [-0.15, -0.1) is 0 Å². The van der Waals surface area contributed by atoms with Crippen molar-refractivity contribution in [3.63, 3.8) is 0 Å². The van der Waals surface area contributed by atoms with Crippen molar-refractivity contribution in [2.24, 2.45) is 0 Å². The van der Waals surface area contributed by atoms with E-state index >= 15 is 0 Å². The molecule has 1 unspecified atom stereocenters. The van der Waals surface area contributed by atoms with Gasteiger partial charge in [-0.25, -0.2) is 0 Å². The molecular formula is C17H23N5O2. The van der Waals surface area contributed by atoms with Crippen molar-refractivity contribution >= 4 is 5.91 Å². The predicted octanol–water partition coefficient (Wildman–Crippen LogP) is 1.97. The number of carbonyl (C=O) groups is 1. The smallest absolute Gasteiger partial charge is 0.274 e. The lowest BCUT2D eigenvalue weighted by atomic mass is 10.2. The minimum Gasteiger partial charge on any atom is -0.387 e. The summed E-state index contributed by atoms with van der Waals surface area (Å²) >= 11 is 0. The standard InChI is InChI=1S/C17H23N5O2/c1-2-16(23)14-8-12-10-21(6-3-7-22(12)20-14)17(24)15-9-13(18-19-15)11-4-5-11/h8-9,11,16,23H,2-7,10H2,1H3,(H,18,19). The maximum Gasteiger partial charge on any atom is 0.274 e. The molecule has 1 fully saturated rings. The molecule has 0 spiro atoms. The summed E-state index contributed by atoms with van der Waals surface area (Å²) in [6, 6.07) is 3.81. The Morgan fingerprint density at radius 1 is 1.42 bits per heavy atom. The molecule has 1 atom stereocenters. The third-order valence-corrected chi connectivity index (χ3v) is 4.88. The number of aryl methyl sites for hydroxylation is 1. The van der Waals surface area contributed by atoms with E-state index in [1.54, 1.807) is 0 Å². The highest BCUT2D eigenvalue weighted by Gasteiger charge is 2.28. The summed E-state index contributed by atoms with van der Waals surface area (Å²) in [6.45, 7) is 3.90. The van der Waals surface area contributed by atoms with Gasteiger partial charge in [0.2, 0.25) is 0 Å². The van der Waals surface area contributed by atoms with Crippen molar-refractivity contribution in [3.05, 3.63) is 34.9 Å². The van der Waals surface area contributed by atoms with Gasteiger partial charge in [0, 0.05) is 24.7 Å². The lowest BCUT2D eigenvalue weighted by molar-refractivity contribution is 0.0739. The van der Waals surface area contributed by atoms with Crippen molar-refractivity contribution < 1.29 is 9.90 Å². The normalized spacial score (nSPS) is 19.0. The lowest BCUT2D eigenvalue weighted by Crippen LogP contribution is -2.31. The summed E-state index contributed by atoms with van der Waals surface area (Å²) in [6.07, 6.45) is 3.31. The van der Waals surface area contributed by atoms with E-state index < -0.39 is 6.10 Å². The molecule has 2 N–H and O–H groups in total. The topological polar surface area (TPSA) is 87.0 Å². The summed E-state index contributed by atoms with van der Waals surface area (Å²) in [5.74, 6) is 0.521. The van der Waals surface area contributed by atoms with Crippen LogP contribution < -0.4 is 0 Å². The molecular weight excluding hydrogens is 306 g/mol. The molecule has 4 rings (SSSR count). The largest absolute Gasteiger partial charge is 0.387 e. The van der Waals surface area contributed by atoms with Crippen molar-refractivity contribution in [2.75, 3.05) is 6.54 Å². The number of aliphatic hydroxyl groups excluding tert-OH is 1. The number of H-pyrrole nitrogens is 1. The fourth-order valence-electron chi connectivity index (χ4n) is 3.24. The van der Waals surface area contributed by atoms with Gasteiger partial charge >= 0.3 is 0 Å². The second kappa shape index (κ2) is 6.05. The van der Waals surface area contributed by atoms with Gasteiger partial charge in [-0.3, -0.25) is 14.6 Å². The Hall–Kier alpha value is -2.15. The summed E-state index contributed by atoms with van der Waals surface area (Å²) in [5, 5.41) is 21.7. The van der Waals surface area contributed by atoms with Crippen molar-refractivity contribution in [1.82, 2.24) is 24.9 Å². The van der Waals surface area contributed by atoms with Crippen LogP contribution in [0.3, 0.4) is 0 Å². The number of hydrogen-bond acceptors (Lipinski definition) is 4. The van der Waals surface area contributed by atoms with Gasteiger partial charge in [0.25, 0.3) is 5.91 Å². The highest BCUT2D eigenvalue weighted by atomic mass is 16.3. The Balaban J connectivity index is 1.53. The van der Waals surface area contributed by atoms with Gasteiger partial charge in [0.15, 0.2) is 0 Å². The monoisotopic (exact) mass is 329 g/mol. The first-order valence-electron chi connectivity index (χ1n) is 8.75. The Kier molecular flexibility index (Phi) is 3.88. The van der Waals surface area contributed by atoms with Crippen LogP contribution in [0.2, 0.25) is 0 Å². The SMILES string of the molecule is CCC(O)c1cc2n(n1)CCCN(C(=O)c1cc(C3CC3)[nH]n1)C2. The first-order chi connectivity index (χ1) is 11.7. The van der Waals surface area contributed by atoms with Crippen molar-refractivity contribution in [3.8, 4) is 0 Å². The Morgan fingerprint density at radius 2 is 2.25 bits per heavy atom. The molecule has 2 aromatic heterocycles. The average Bonchev–Trinajstić information content (AvgIpc) is 3.25. The van der Waals surface area contributed by atoms with E-state index in [9.17, 15) is 9.90 Å². The van der Waals surface area contributed by atoms with Crippen LogP contribution in [-0.4, -0.2) is 42.4 Å². The molecule has 1 aliphatic heterocycles. The zero-order valence-electron chi connectivity index (χ0n) is 13.9. The lowest BCUT2D eigenvalue weighted by Gasteiger charge is -2.18. The first kappa shape index (κ1) is 15.4. The molecule has 0 saturated heterocycles. The van der Waals surface area contributed by atoms with Crippen LogP contribution in [0.5, 0.6) is 0 Å². The van der Waals surface area contributed by atoms with Crippen LogP contribution in [0.4, 0.5) is 0 Å². The average molecular weight is 329 g/mol. The third kappa shape index (κ3) is 2.84. The first-order valence-corrected chi connectivity index (χ1v) is 8.75. The number of nitrogens with zero attached hydrogens (tertiary/aromatic N) is 4. The number of carbonyl (C=O) groups excluding carboxylic acids is 1. The summed E-state index contributed by atoms with van der Waals surface area (Å²) in [7, 11) is 0. The number of aromatic amines is 1. The number of rotatable bonds is 4. The van der Waals surface area contributed by atoms with Gasteiger partial charge in [-0.2, -0.15) is 10.2 Å². The number of hydrogen-bond donors (Lipinski definition) is 2. The quantitative estimate of drug-likeness (QED) is 0.898. The Bertz CT molecular complexity index is 746. The molecule has 0 radical (unpaired) electrons. The molecule has 1 aliphatic carbocycles. The van der Waals surface area contributed by atoms with E-state index in [0.717, 1.165) is 24.4 Å². The second-order valence-electron chi connectivity index (χ2n) is 6.77. The van der Waals surface area contributed by atoms with Gasteiger partial charge in [-0.1, -0.05) is 6.92 Å². The van der Waals surface area contributed by atoms with E-state index in [1.165, 1.54) is 12.8 Å². The molecule has 128 valence electrons. The van der Waals surface area contributed by atoms with Crippen molar-refractivity contribution in [1.29, 1.82) is 0 Å². The van der Waals surface area contributed by atoms with E-state index in [4.69, 9.17) is 0 Å². The fourth-order valence-corrected chi connectivity index (χ4v) is 3.24. The molecule has 3 heterocycles. The number of amides is 1.